The Labute approximate surface area is 243 Å². The first-order chi connectivity index (χ1) is 18.6. The first-order valence-electron chi connectivity index (χ1n) is 12.2. The standard InChI is InChI=1S/C29H19Cl4NO5/c30-15-9-10-16(21(31)13-15)22(35)14-39-23(36)11-12-34-26(37)24-25(27(34)38)29(33)18-6-2-1-5-17(18)28(24,32)19-7-3-4-8-20(19)29/h1-10,13,24-25H,11-12,14H2/t24-,25-,28?,29?/m0/s1. The summed E-state index contributed by atoms with van der Waals surface area (Å²) in [6.45, 7) is -0.778. The largest absolute Gasteiger partial charge is 0.457 e. The molecule has 2 bridgehead atoms. The van der Waals surface area contributed by atoms with Crippen molar-refractivity contribution >= 4 is 70.0 Å². The number of imide groups is 1. The summed E-state index contributed by atoms with van der Waals surface area (Å²) in [5.41, 5.74) is 2.95. The lowest BCUT2D eigenvalue weighted by Gasteiger charge is -2.54. The van der Waals surface area contributed by atoms with Gasteiger partial charge in [0.05, 0.1) is 23.3 Å². The molecule has 0 aromatic heterocycles. The van der Waals surface area contributed by atoms with E-state index in [9.17, 15) is 19.2 Å². The van der Waals surface area contributed by atoms with Crippen LogP contribution in [0.4, 0.5) is 0 Å². The summed E-state index contributed by atoms with van der Waals surface area (Å²) in [4.78, 5) is 50.9. The molecule has 0 saturated carbocycles. The lowest BCUT2D eigenvalue weighted by atomic mass is 9.54. The van der Waals surface area contributed by atoms with Crippen molar-refractivity contribution in [3.8, 4) is 0 Å². The van der Waals surface area contributed by atoms with Gasteiger partial charge in [0.2, 0.25) is 17.6 Å². The zero-order valence-corrected chi connectivity index (χ0v) is 23.2. The van der Waals surface area contributed by atoms with Gasteiger partial charge >= 0.3 is 5.97 Å². The van der Waals surface area contributed by atoms with Crippen molar-refractivity contribution in [2.75, 3.05) is 13.2 Å². The van der Waals surface area contributed by atoms with Gasteiger partial charge in [-0.15, -0.1) is 23.2 Å². The van der Waals surface area contributed by atoms with E-state index < -0.39 is 51.8 Å². The third-order valence-corrected chi connectivity index (χ3v) is 9.64. The molecular formula is C29H19Cl4NO5. The molecule has 0 radical (unpaired) electrons. The quantitative estimate of drug-likeness (QED) is 0.156. The molecule has 1 fully saturated rings. The number of alkyl halides is 2. The number of amides is 2. The van der Waals surface area contributed by atoms with Gasteiger partial charge in [0.25, 0.3) is 0 Å². The average molecular weight is 603 g/mol. The van der Waals surface area contributed by atoms with E-state index in [0.29, 0.717) is 27.3 Å². The Hall–Kier alpha value is -2.90. The number of likely N-dealkylation sites (tertiary alicyclic amines) is 1. The predicted molar refractivity (Wildman–Crippen MR) is 146 cm³/mol. The normalized spacial score (nSPS) is 26.2. The Morgan fingerprint density at radius 1 is 0.795 bits per heavy atom. The van der Waals surface area contributed by atoms with Crippen LogP contribution in [0.5, 0.6) is 0 Å². The van der Waals surface area contributed by atoms with Crippen LogP contribution in [0, 0.1) is 11.8 Å². The van der Waals surface area contributed by atoms with Crippen LogP contribution in [0.2, 0.25) is 10.0 Å². The lowest BCUT2D eigenvalue weighted by molar-refractivity contribution is -0.145. The maximum Gasteiger partial charge on any atom is 0.308 e. The smallest absolute Gasteiger partial charge is 0.308 e. The van der Waals surface area contributed by atoms with Crippen molar-refractivity contribution in [1.82, 2.24) is 4.90 Å². The van der Waals surface area contributed by atoms with Crippen LogP contribution in [0.3, 0.4) is 0 Å². The number of ether oxygens (including phenoxy) is 1. The highest BCUT2D eigenvalue weighted by Gasteiger charge is 2.72. The van der Waals surface area contributed by atoms with Crippen LogP contribution in [-0.4, -0.2) is 41.6 Å². The first kappa shape index (κ1) is 26.3. The van der Waals surface area contributed by atoms with Gasteiger partial charge in [0, 0.05) is 17.1 Å². The number of hydrogen-bond donors (Lipinski definition) is 0. The average Bonchev–Trinajstić information content (AvgIpc) is 3.19. The predicted octanol–water partition coefficient (Wildman–Crippen LogP) is 5.70. The molecule has 2 amide bonds. The SMILES string of the molecule is O=C(CCN1C(=O)[C@@H]2[C@@H](C1=O)C1(Cl)c3ccccc3C2(Cl)c2ccccc21)OCC(=O)c1ccc(Cl)cc1Cl. The Morgan fingerprint density at radius 3 is 1.74 bits per heavy atom. The molecule has 0 N–H and O–H groups in total. The van der Waals surface area contributed by atoms with Crippen LogP contribution in [0.15, 0.2) is 66.7 Å². The minimum Gasteiger partial charge on any atom is -0.457 e. The summed E-state index contributed by atoms with van der Waals surface area (Å²) in [5.74, 6) is -4.14. The van der Waals surface area contributed by atoms with E-state index in [2.05, 4.69) is 0 Å². The topological polar surface area (TPSA) is 80.8 Å². The van der Waals surface area contributed by atoms with E-state index >= 15 is 0 Å². The molecule has 1 saturated heterocycles. The van der Waals surface area contributed by atoms with Gasteiger partial charge in [0.1, 0.15) is 9.75 Å². The highest BCUT2D eigenvalue weighted by molar-refractivity contribution is 6.37. The van der Waals surface area contributed by atoms with Crippen LogP contribution >= 0.6 is 46.4 Å². The molecular weight excluding hydrogens is 584 g/mol. The molecule has 2 atom stereocenters. The number of hydrogen-bond acceptors (Lipinski definition) is 5. The second-order valence-corrected chi connectivity index (χ2v) is 11.8. The zero-order chi connectivity index (χ0) is 27.7. The summed E-state index contributed by atoms with van der Waals surface area (Å²) in [6.07, 6.45) is -0.303. The molecule has 0 spiro atoms. The van der Waals surface area contributed by atoms with Crippen molar-refractivity contribution in [1.29, 1.82) is 0 Å². The van der Waals surface area contributed by atoms with Crippen molar-refractivity contribution < 1.29 is 23.9 Å². The van der Waals surface area contributed by atoms with Gasteiger partial charge in [0.15, 0.2) is 6.61 Å². The minimum atomic E-state index is -1.29. The molecule has 39 heavy (non-hydrogen) atoms. The van der Waals surface area contributed by atoms with Crippen molar-refractivity contribution in [3.63, 3.8) is 0 Å². The van der Waals surface area contributed by atoms with Gasteiger partial charge < -0.3 is 4.74 Å². The number of carbonyl (C=O) groups excluding carboxylic acids is 4. The van der Waals surface area contributed by atoms with E-state index in [1.165, 1.54) is 18.2 Å². The van der Waals surface area contributed by atoms with E-state index in [1.807, 2.05) is 48.5 Å². The second kappa shape index (κ2) is 9.34. The molecule has 7 rings (SSSR count). The van der Waals surface area contributed by atoms with Crippen LogP contribution in [-0.2, 0) is 28.9 Å². The van der Waals surface area contributed by atoms with Gasteiger partial charge in [-0.05, 0) is 40.5 Å². The van der Waals surface area contributed by atoms with Crippen molar-refractivity contribution in [3.05, 3.63) is 105 Å². The molecule has 3 aromatic carbocycles. The molecule has 10 heteroatoms. The minimum absolute atomic E-state index is 0.140. The van der Waals surface area contributed by atoms with Gasteiger partial charge in [-0.25, -0.2) is 0 Å². The van der Waals surface area contributed by atoms with Crippen LogP contribution in [0.1, 0.15) is 39.0 Å². The van der Waals surface area contributed by atoms with Gasteiger partial charge in [-0.1, -0.05) is 71.7 Å². The Bertz CT molecular complexity index is 1470. The molecule has 0 unspecified atom stereocenters. The number of ketones is 1. The van der Waals surface area contributed by atoms with E-state index in [-0.39, 0.29) is 23.6 Å². The second-order valence-electron chi connectivity index (χ2n) is 9.76. The van der Waals surface area contributed by atoms with Crippen molar-refractivity contribution in [2.24, 2.45) is 11.8 Å². The van der Waals surface area contributed by atoms with Crippen LogP contribution in [0.25, 0.3) is 0 Å². The summed E-state index contributed by atoms with van der Waals surface area (Å²) < 4.78 is 5.11. The molecule has 1 aliphatic heterocycles. The Balaban J connectivity index is 1.23. The molecule has 6 nitrogen and oxygen atoms in total. The lowest BCUT2D eigenvalue weighted by Crippen LogP contribution is -2.57. The number of halogens is 4. The molecule has 3 aromatic rings. The summed E-state index contributed by atoms with van der Waals surface area (Å²) in [6, 6.07) is 19.0. The molecule has 1 heterocycles. The monoisotopic (exact) mass is 601 g/mol. The van der Waals surface area contributed by atoms with Gasteiger partial charge in [-0.2, -0.15) is 0 Å². The Morgan fingerprint density at radius 2 is 1.28 bits per heavy atom. The fourth-order valence-electron chi connectivity index (χ4n) is 6.16. The number of carbonyl (C=O) groups is 4. The fourth-order valence-corrected chi connectivity index (χ4v) is 7.77. The van der Waals surface area contributed by atoms with Gasteiger partial charge in [-0.3, -0.25) is 24.1 Å². The third kappa shape index (κ3) is 3.69. The summed E-state index contributed by atoms with van der Waals surface area (Å²) in [5, 5.41) is 0.507. The number of esters is 1. The molecule has 3 aliphatic carbocycles. The highest BCUT2D eigenvalue weighted by atomic mass is 35.5. The number of rotatable bonds is 6. The summed E-state index contributed by atoms with van der Waals surface area (Å²) in [7, 11) is 0. The van der Waals surface area contributed by atoms with E-state index in [0.717, 1.165) is 4.90 Å². The number of Topliss-reactive ketones (excluding diaryl/α,β-unsaturated/α-hetero) is 1. The van der Waals surface area contributed by atoms with Crippen LogP contribution < -0.4 is 0 Å². The highest BCUT2D eigenvalue weighted by Crippen LogP contribution is 2.69. The molecule has 4 aliphatic rings. The third-order valence-electron chi connectivity index (χ3n) is 7.81. The zero-order valence-electron chi connectivity index (χ0n) is 20.1. The number of nitrogens with zero attached hydrogens (tertiary/aromatic N) is 1. The fraction of sp³-hybridized carbons (Fsp3) is 0.241. The Kier molecular flexibility index (Phi) is 6.31. The maximum absolute atomic E-state index is 13.8. The van der Waals surface area contributed by atoms with E-state index in [1.54, 1.807) is 0 Å². The first-order valence-corrected chi connectivity index (χ1v) is 13.7. The molecule has 198 valence electrons. The maximum atomic E-state index is 13.8. The number of benzene rings is 3. The summed E-state index contributed by atoms with van der Waals surface area (Å²) >= 11 is 26.6. The van der Waals surface area contributed by atoms with Crippen molar-refractivity contribution in [2.45, 2.75) is 16.2 Å². The van der Waals surface area contributed by atoms with E-state index in [4.69, 9.17) is 51.1 Å².